The van der Waals surface area contributed by atoms with Gasteiger partial charge in [0.15, 0.2) is 0 Å². The Bertz CT molecular complexity index is 892. The Kier molecular flexibility index (Phi) is 6.73. The van der Waals surface area contributed by atoms with Gasteiger partial charge in [-0.25, -0.2) is 4.79 Å². The van der Waals surface area contributed by atoms with Gasteiger partial charge in [-0.1, -0.05) is 23.4 Å². The van der Waals surface area contributed by atoms with E-state index < -0.39 is 42.3 Å². The van der Waals surface area contributed by atoms with Crippen molar-refractivity contribution in [1.29, 1.82) is 0 Å². The number of aliphatic hydroxyl groups excluding tert-OH is 1. The van der Waals surface area contributed by atoms with E-state index in [9.17, 15) is 19.5 Å². The van der Waals surface area contributed by atoms with Crippen molar-refractivity contribution in [3.8, 4) is 0 Å². The fourth-order valence-corrected chi connectivity index (χ4v) is 2.70. The number of hydrogen-bond donors (Lipinski definition) is 5. The number of carbonyl (C=O) groups excluding carboxylic acids is 2. The van der Waals surface area contributed by atoms with Crippen LogP contribution in [0.4, 0.5) is 0 Å². The third-order valence-electron chi connectivity index (χ3n) is 4.30. The first-order valence-electron chi connectivity index (χ1n) is 8.60. The monoisotopic (exact) mass is 403 g/mol. The van der Waals surface area contributed by atoms with E-state index in [4.69, 9.17) is 20.8 Å². The van der Waals surface area contributed by atoms with E-state index in [1.807, 2.05) is 0 Å². The number of benzene rings is 1. The lowest BCUT2D eigenvalue weighted by Gasteiger charge is -2.33. The molecule has 0 spiro atoms. The minimum Gasteiger partial charge on any atom is -0.476 e. The van der Waals surface area contributed by atoms with Crippen LogP contribution in [0.3, 0.4) is 0 Å². The number of ether oxygens (including phenoxy) is 1. The zero-order valence-electron chi connectivity index (χ0n) is 15.5. The average molecular weight is 403 g/mol. The number of aliphatic hydroxyl groups is 1. The van der Waals surface area contributed by atoms with Gasteiger partial charge in [0.25, 0.3) is 5.91 Å². The van der Waals surface area contributed by atoms with Crippen LogP contribution in [-0.4, -0.2) is 51.1 Å². The number of carboxylic acid groups (broad SMARTS) is 1. The van der Waals surface area contributed by atoms with Crippen LogP contribution in [-0.2, 0) is 14.3 Å². The lowest BCUT2D eigenvalue weighted by molar-refractivity contribution is -0.171. The van der Waals surface area contributed by atoms with Crippen LogP contribution >= 0.6 is 0 Å². The highest BCUT2D eigenvalue weighted by molar-refractivity contribution is 6.11. The summed E-state index contributed by atoms with van der Waals surface area (Å²) in [6, 6.07) is 7.66. The predicted molar refractivity (Wildman–Crippen MR) is 101 cm³/mol. The number of nitrogens with one attached hydrogen (secondary N) is 1. The summed E-state index contributed by atoms with van der Waals surface area (Å²) in [5, 5.41) is 33.3. The predicted octanol–water partition coefficient (Wildman–Crippen LogP) is 0.372. The molecule has 0 saturated heterocycles. The maximum atomic E-state index is 12.6. The van der Waals surface area contributed by atoms with Crippen molar-refractivity contribution in [2.75, 3.05) is 6.61 Å². The van der Waals surface area contributed by atoms with E-state index in [1.165, 1.54) is 31.2 Å². The number of allylic oxidation sites excluding steroid dienone is 4. The van der Waals surface area contributed by atoms with Crippen LogP contribution in [0.15, 0.2) is 59.1 Å². The van der Waals surface area contributed by atoms with E-state index in [0.717, 1.165) is 0 Å². The van der Waals surface area contributed by atoms with Gasteiger partial charge in [-0.3, -0.25) is 14.9 Å². The Morgan fingerprint density at radius 1 is 1.24 bits per heavy atom. The molecule has 1 amide bonds. The van der Waals surface area contributed by atoms with Crippen molar-refractivity contribution < 1.29 is 34.5 Å². The molecule has 154 valence electrons. The summed E-state index contributed by atoms with van der Waals surface area (Å²) < 4.78 is 5.52. The van der Waals surface area contributed by atoms with Crippen LogP contribution < -0.4 is 11.1 Å². The molecule has 0 fully saturated rings. The SMILES string of the molecule is CC1C(OC(NC(=O)c2ccccc2)(C(=O)O)C(=O)CCO)=CC=C(N)C1=NO. The van der Waals surface area contributed by atoms with E-state index in [0.29, 0.717) is 0 Å². The van der Waals surface area contributed by atoms with Crippen LogP contribution in [0.2, 0.25) is 0 Å². The first-order valence-corrected chi connectivity index (χ1v) is 8.60. The van der Waals surface area contributed by atoms with Gasteiger partial charge in [-0.15, -0.1) is 0 Å². The van der Waals surface area contributed by atoms with Crippen LogP contribution in [0, 0.1) is 5.92 Å². The Morgan fingerprint density at radius 3 is 2.45 bits per heavy atom. The van der Waals surface area contributed by atoms with Gasteiger partial charge in [-0.2, -0.15) is 0 Å². The molecule has 6 N–H and O–H groups in total. The largest absolute Gasteiger partial charge is 0.476 e. The zero-order chi connectivity index (χ0) is 21.6. The Balaban J connectivity index is 2.48. The molecule has 1 aromatic rings. The van der Waals surface area contributed by atoms with Gasteiger partial charge in [0.05, 0.1) is 18.2 Å². The first kappa shape index (κ1) is 21.6. The molecular weight excluding hydrogens is 382 g/mol. The number of nitrogens with two attached hydrogens (primary N) is 1. The number of carboxylic acids is 1. The number of nitrogens with zero attached hydrogens (tertiary/aromatic N) is 1. The first-order chi connectivity index (χ1) is 13.8. The highest BCUT2D eigenvalue weighted by Crippen LogP contribution is 2.27. The second kappa shape index (κ2) is 9.02. The second-order valence-electron chi connectivity index (χ2n) is 6.20. The quantitative estimate of drug-likeness (QED) is 0.179. The summed E-state index contributed by atoms with van der Waals surface area (Å²) in [6.07, 6.45) is 2.04. The number of aliphatic carboxylic acids is 1. The highest BCUT2D eigenvalue weighted by Gasteiger charge is 2.51. The van der Waals surface area contributed by atoms with Crippen molar-refractivity contribution in [2.24, 2.45) is 16.8 Å². The summed E-state index contributed by atoms with van der Waals surface area (Å²) in [5.41, 5.74) is 3.14. The average Bonchev–Trinajstić information content (AvgIpc) is 2.70. The molecule has 0 aromatic heterocycles. The topological polar surface area (TPSA) is 172 Å². The number of Topliss-reactive ketones (excluding diaryl/α,β-unsaturated/α-hetero) is 1. The van der Waals surface area contributed by atoms with Crippen molar-refractivity contribution in [2.45, 2.75) is 19.1 Å². The highest BCUT2D eigenvalue weighted by atomic mass is 16.6. The fraction of sp³-hybridized carbons (Fsp3) is 0.263. The van der Waals surface area contributed by atoms with E-state index in [-0.39, 0.29) is 22.7 Å². The summed E-state index contributed by atoms with van der Waals surface area (Å²) >= 11 is 0. The van der Waals surface area contributed by atoms with Gasteiger partial charge in [-0.05, 0) is 31.2 Å². The van der Waals surface area contributed by atoms with Crippen LogP contribution in [0.1, 0.15) is 23.7 Å². The maximum absolute atomic E-state index is 12.6. The molecule has 0 saturated carbocycles. The van der Waals surface area contributed by atoms with Crippen molar-refractivity contribution in [3.63, 3.8) is 0 Å². The second-order valence-corrected chi connectivity index (χ2v) is 6.20. The Hall–Kier alpha value is -3.66. The van der Waals surface area contributed by atoms with E-state index in [1.54, 1.807) is 18.2 Å². The van der Waals surface area contributed by atoms with Gasteiger partial charge < -0.3 is 25.9 Å². The Morgan fingerprint density at radius 2 is 1.90 bits per heavy atom. The van der Waals surface area contributed by atoms with Gasteiger partial charge in [0.1, 0.15) is 11.5 Å². The number of oxime groups is 1. The summed E-state index contributed by atoms with van der Waals surface area (Å²) in [4.78, 5) is 37.3. The normalized spacial score (nSPS) is 19.5. The van der Waals surface area contributed by atoms with Gasteiger partial charge >= 0.3 is 11.7 Å². The molecule has 1 aliphatic rings. The van der Waals surface area contributed by atoms with Crippen LogP contribution in [0.25, 0.3) is 0 Å². The molecule has 0 radical (unpaired) electrons. The molecule has 2 rings (SSSR count). The minimum atomic E-state index is -2.81. The molecule has 29 heavy (non-hydrogen) atoms. The molecule has 0 bridgehead atoms. The van der Waals surface area contributed by atoms with Crippen molar-refractivity contribution in [3.05, 3.63) is 59.5 Å². The smallest absolute Gasteiger partial charge is 0.378 e. The van der Waals surface area contributed by atoms with Crippen molar-refractivity contribution >= 4 is 23.4 Å². The molecular formula is C19H21N3O7. The fourth-order valence-electron chi connectivity index (χ4n) is 2.70. The molecule has 10 nitrogen and oxygen atoms in total. The molecule has 0 heterocycles. The minimum absolute atomic E-state index is 0.00535. The number of carbonyl (C=O) groups is 3. The molecule has 2 atom stereocenters. The molecule has 2 unspecified atom stereocenters. The summed E-state index contributed by atoms with van der Waals surface area (Å²) in [5.74, 6) is -4.60. The molecule has 1 aromatic carbocycles. The number of ketones is 1. The zero-order valence-corrected chi connectivity index (χ0v) is 15.5. The standard InChI is InChI=1S/C19H21N3O7/c1-11-14(8-7-13(20)16(11)22-28)29-19(18(26)27,15(24)9-10-23)21-17(25)12-5-3-2-4-6-12/h2-8,11,23,28H,9-10,20H2,1H3,(H,21,25)(H,26,27). The molecule has 10 heteroatoms. The van der Waals surface area contributed by atoms with Gasteiger partial charge in [0.2, 0.25) is 5.78 Å². The molecule has 0 aliphatic heterocycles. The Labute approximate surface area is 166 Å². The number of amides is 1. The third kappa shape index (κ3) is 4.43. The van der Waals surface area contributed by atoms with Gasteiger partial charge in [0, 0.05) is 12.0 Å². The lowest BCUT2D eigenvalue weighted by Crippen LogP contribution is -2.62. The number of rotatable bonds is 8. The van der Waals surface area contributed by atoms with Crippen molar-refractivity contribution in [1.82, 2.24) is 5.32 Å². The maximum Gasteiger partial charge on any atom is 0.378 e. The number of hydrogen-bond acceptors (Lipinski definition) is 8. The summed E-state index contributed by atoms with van der Waals surface area (Å²) in [6.45, 7) is 0.867. The lowest BCUT2D eigenvalue weighted by atomic mass is 9.95. The molecule has 1 aliphatic carbocycles. The van der Waals surface area contributed by atoms with E-state index >= 15 is 0 Å². The summed E-state index contributed by atoms with van der Waals surface area (Å²) in [7, 11) is 0. The van der Waals surface area contributed by atoms with E-state index in [2.05, 4.69) is 10.5 Å². The third-order valence-corrected chi connectivity index (χ3v) is 4.30. The van der Waals surface area contributed by atoms with Crippen LogP contribution in [0.5, 0.6) is 0 Å².